The maximum absolute atomic E-state index is 14.0. The Morgan fingerprint density at radius 1 is 1.11 bits per heavy atom. The number of methoxy groups -OCH3 is 1. The molecule has 0 aliphatic carbocycles. The van der Waals surface area contributed by atoms with E-state index in [-0.39, 0.29) is 32.9 Å². The molecular weight excluding hydrogens is 373 g/mol. The molecule has 0 atom stereocenters. The van der Waals surface area contributed by atoms with Crippen LogP contribution in [-0.2, 0) is 4.74 Å². The number of amides is 1. The van der Waals surface area contributed by atoms with Gasteiger partial charge in [-0.3, -0.25) is 4.79 Å². The van der Waals surface area contributed by atoms with Gasteiger partial charge in [-0.15, -0.1) is 0 Å². The number of fused-ring (bicyclic) bond motifs is 1. The van der Waals surface area contributed by atoms with Crippen molar-refractivity contribution in [2.24, 2.45) is 0 Å². The Balaban J connectivity index is 2.05. The normalized spacial score (nSPS) is 10.7. The quantitative estimate of drug-likeness (QED) is 0.685. The van der Waals surface area contributed by atoms with Gasteiger partial charge < -0.3 is 10.1 Å². The van der Waals surface area contributed by atoms with E-state index in [1.54, 1.807) is 13.8 Å². The summed E-state index contributed by atoms with van der Waals surface area (Å²) in [5, 5.41) is 2.80. The number of nitrogens with one attached hydrogen (secondary N) is 1. The molecular formula is C19H15ClFN3O3. The van der Waals surface area contributed by atoms with E-state index in [2.05, 4.69) is 20.0 Å². The molecule has 3 aromatic rings. The number of carbonyl (C=O) groups excluding carboxylic acids is 2. The maximum atomic E-state index is 14.0. The van der Waals surface area contributed by atoms with Crippen LogP contribution in [0.4, 0.5) is 10.1 Å². The first-order valence-corrected chi connectivity index (χ1v) is 8.31. The van der Waals surface area contributed by atoms with Gasteiger partial charge >= 0.3 is 5.97 Å². The fraction of sp³-hybridized carbons (Fsp3) is 0.158. The molecule has 27 heavy (non-hydrogen) atoms. The highest BCUT2D eigenvalue weighted by Gasteiger charge is 2.18. The zero-order chi connectivity index (χ0) is 19.7. The summed E-state index contributed by atoms with van der Waals surface area (Å²) in [4.78, 5) is 33.1. The van der Waals surface area contributed by atoms with Gasteiger partial charge in [-0.05, 0) is 38.1 Å². The van der Waals surface area contributed by atoms with Crippen LogP contribution in [0.3, 0.4) is 0 Å². The third kappa shape index (κ3) is 3.73. The van der Waals surface area contributed by atoms with Crippen LogP contribution in [0.1, 0.15) is 32.1 Å². The first kappa shape index (κ1) is 18.7. The van der Waals surface area contributed by atoms with Crippen LogP contribution in [-0.4, -0.2) is 29.0 Å². The Bertz CT molecular complexity index is 1090. The van der Waals surface area contributed by atoms with Crippen molar-refractivity contribution >= 4 is 40.2 Å². The number of hydrogen-bond donors (Lipinski definition) is 1. The second kappa shape index (κ2) is 7.28. The van der Waals surface area contributed by atoms with Gasteiger partial charge in [-0.2, -0.15) is 0 Å². The molecule has 0 radical (unpaired) electrons. The zero-order valence-corrected chi connectivity index (χ0v) is 15.5. The monoisotopic (exact) mass is 387 g/mol. The van der Waals surface area contributed by atoms with Crippen LogP contribution in [0.5, 0.6) is 0 Å². The minimum atomic E-state index is -0.624. The number of benzene rings is 2. The summed E-state index contributed by atoms with van der Waals surface area (Å²) in [7, 11) is 1.25. The summed E-state index contributed by atoms with van der Waals surface area (Å²) in [6, 6.07) is 6.61. The lowest BCUT2D eigenvalue weighted by atomic mass is 10.1. The van der Waals surface area contributed by atoms with E-state index in [0.29, 0.717) is 11.4 Å². The highest BCUT2D eigenvalue weighted by molar-refractivity contribution is 6.34. The van der Waals surface area contributed by atoms with Crippen molar-refractivity contribution in [3.8, 4) is 0 Å². The topological polar surface area (TPSA) is 81.2 Å². The number of aromatic nitrogens is 2. The highest BCUT2D eigenvalue weighted by atomic mass is 35.5. The Labute approximate surface area is 159 Å². The van der Waals surface area contributed by atoms with Crippen molar-refractivity contribution in [1.82, 2.24) is 9.97 Å². The highest BCUT2D eigenvalue weighted by Crippen LogP contribution is 2.26. The van der Waals surface area contributed by atoms with Gasteiger partial charge in [0.2, 0.25) is 0 Å². The van der Waals surface area contributed by atoms with E-state index in [0.717, 1.165) is 6.07 Å². The van der Waals surface area contributed by atoms with Crippen LogP contribution in [0.2, 0.25) is 5.02 Å². The van der Waals surface area contributed by atoms with Crippen molar-refractivity contribution in [2.45, 2.75) is 13.8 Å². The Hall–Kier alpha value is -3.06. The maximum Gasteiger partial charge on any atom is 0.337 e. The van der Waals surface area contributed by atoms with Crippen molar-refractivity contribution < 1.29 is 18.7 Å². The summed E-state index contributed by atoms with van der Waals surface area (Å²) < 4.78 is 18.6. The number of hydrogen-bond acceptors (Lipinski definition) is 5. The van der Waals surface area contributed by atoms with Crippen molar-refractivity contribution in [2.75, 3.05) is 12.4 Å². The Morgan fingerprint density at radius 3 is 2.52 bits per heavy atom. The van der Waals surface area contributed by atoms with E-state index >= 15 is 0 Å². The minimum Gasteiger partial charge on any atom is -0.465 e. The van der Waals surface area contributed by atoms with Gasteiger partial charge in [0, 0.05) is 6.07 Å². The SMILES string of the molecule is COC(=O)c1ccc(Cl)c(NC(=O)c2cc(F)cc3nc(C)c(C)nc23)c1. The molecule has 0 aliphatic heterocycles. The molecule has 0 aliphatic rings. The molecule has 1 heterocycles. The predicted octanol–water partition coefficient (Wildman–Crippen LogP) is 4.08. The number of aryl methyl sites for hydroxylation is 2. The standard InChI is InChI=1S/C19H15ClFN3O3/c1-9-10(2)23-17-13(7-12(21)8-16(17)22-9)18(25)24-15-6-11(19(26)27-3)4-5-14(15)20/h4-8H,1-3H3,(H,24,25). The number of ether oxygens (including phenoxy) is 1. The number of esters is 1. The summed E-state index contributed by atoms with van der Waals surface area (Å²) >= 11 is 6.10. The third-order valence-electron chi connectivity index (χ3n) is 4.03. The third-order valence-corrected chi connectivity index (χ3v) is 4.36. The Kier molecular flexibility index (Phi) is 5.05. The van der Waals surface area contributed by atoms with Crippen LogP contribution < -0.4 is 5.32 Å². The predicted molar refractivity (Wildman–Crippen MR) is 99.7 cm³/mol. The van der Waals surface area contributed by atoms with E-state index in [9.17, 15) is 14.0 Å². The van der Waals surface area contributed by atoms with Crippen LogP contribution in [0.15, 0.2) is 30.3 Å². The van der Waals surface area contributed by atoms with E-state index in [1.165, 1.54) is 31.4 Å². The molecule has 2 aromatic carbocycles. The van der Waals surface area contributed by atoms with E-state index in [1.807, 2.05) is 0 Å². The second-order valence-corrected chi connectivity index (χ2v) is 6.26. The lowest BCUT2D eigenvalue weighted by molar-refractivity contribution is 0.0600. The van der Waals surface area contributed by atoms with Crippen LogP contribution >= 0.6 is 11.6 Å². The summed E-state index contributed by atoms with van der Waals surface area (Å²) in [6.45, 7) is 3.51. The van der Waals surface area contributed by atoms with Gasteiger partial charge in [0.05, 0.1) is 45.9 Å². The fourth-order valence-electron chi connectivity index (χ4n) is 2.53. The molecule has 0 saturated heterocycles. The Morgan fingerprint density at radius 2 is 1.81 bits per heavy atom. The molecule has 1 amide bonds. The number of halogens is 2. The number of carbonyl (C=O) groups is 2. The molecule has 3 rings (SSSR count). The molecule has 8 heteroatoms. The molecule has 6 nitrogen and oxygen atoms in total. The average molecular weight is 388 g/mol. The molecule has 0 bridgehead atoms. The minimum absolute atomic E-state index is 0.0140. The molecule has 1 N–H and O–H groups in total. The van der Waals surface area contributed by atoms with Crippen molar-refractivity contribution in [3.05, 3.63) is 63.7 Å². The van der Waals surface area contributed by atoms with Gasteiger partial charge in [-0.25, -0.2) is 19.2 Å². The van der Waals surface area contributed by atoms with Gasteiger partial charge in [-0.1, -0.05) is 11.6 Å². The fourth-order valence-corrected chi connectivity index (χ4v) is 2.69. The number of rotatable bonds is 3. The zero-order valence-electron chi connectivity index (χ0n) is 14.8. The molecule has 0 saturated carbocycles. The second-order valence-electron chi connectivity index (χ2n) is 5.86. The molecule has 0 unspecified atom stereocenters. The lowest BCUT2D eigenvalue weighted by Crippen LogP contribution is -2.15. The largest absolute Gasteiger partial charge is 0.465 e. The number of nitrogens with zero attached hydrogens (tertiary/aromatic N) is 2. The van der Waals surface area contributed by atoms with Gasteiger partial charge in [0.15, 0.2) is 0 Å². The molecule has 0 fully saturated rings. The summed E-state index contributed by atoms with van der Waals surface area (Å²) in [5.41, 5.74) is 2.25. The average Bonchev–Trinajstić information content (AvgIpc) is 2.63. The van der Waals surface area contributed by atoms with Crippen LogP contribution in [0, 0.1) is 19.7 Å². The van der Waals surface area contributed by atoms with Crippen molar-refractivity contribution in [3.63, 3.8) is 0 Å². The molecule has 0 spiro atoms. The first-order valence-electron chi connectivity index (χ1n) is 7.94. The number of anilines is 1. The van der Waals surface area contributed by atoms with Gasteiger partial charge in [0.25, 0.3) is 5.91 Å². The molecule has 138 valence electrons. The van der Waals surface area contributed by atoms with E-state index in [4.69, 9.17) is 11.6 Å². The summed E-state index contributed by atoms with van der Waals surface area (Å²) in [5.74, 6) is -1.81. The van der Waals surface area contributed by atoms with E-state index < -0.39 is 17.7 Å². The van der Waals surface area contributed by atoms with Crippen LogP contribution in [0.25, 0.3) is 11.0 Å². The van der Waals surface area contributed by atoms with Crippen molar-refractivity contribution in [1.29, 1.82) is 0 Å². The molecule has 1 aromatic heterocycles. The smallest absolute Gasteiger partial charge is 0.337 e. The first-order chi connectivity index (χ1) is 12.8. The lowest BCUT2D eigenvalue weighted by Gasteiger charge is -2.11. The van der Waals surface area contributed by atoms with Gasteiger partial charge in [0.1, 0.15) is 11.3 Å². The summed E-state index contributed by atoms with van der Waals surface area (Å²) in [6.07, 6.45) is 0.